The van der Waals surface area contributed by atoms with Crippen LogP contribution in [0.4, 0.5) is 4.39 Å². The van der Waals surface area contributed by atoms with Gasteiger partial charge in [-0.25, -0.2) is 9.18 Å². The van der Waals surface area contributed by atoms with Gasteiger partial charge < -0.3 is 5.11 Å². The molecule has 0 aliphatic heterocycles. The van der Waals surface area contributed by atoms with Crippen molar-refractivity contribution in [3.63, 3.8) is 0 Å². The standard InChI is InChI=1S/C13H7Cl2FO2/c14-10-5-4-9(12(15)11(10)13(17)18)7-2-1-3-8(16)6-7/h1-6H,(H,17,18). The van der Waals surface area contributed by atoms with E-state index in [0.29, 0.717) is 11.1 Å². The molecule has 18 heavy (non-hydrogen) atoms. The van der Waals surface area contributed by atoms with Crippen LogP contribution in [0, 0.1) is 5.82 Å². The Kier molecular flexibility index (Phi) is 3.55. The fourth-order valence-electron chi connectivity index (χ4n) is 1.63. The van der Waals surface area contributed by atoms with Crippen molar-refractivity contribution >= 4 is 29.2 Å². The van der Waals surface area contributed by atoms with Crippen LogP contribution >= 0.6 is 23.2 Å². The number of carbonyl (C=O) groups is 1. The summed E-state index contributed by atoms with van der Waals surface area (Å²) in [4.78, 5) is 11.1. The number of carboxylic acids is 1. The Labute approximate surface area is 113 Å². The molecule has 0 atom stereocenters. The summed E-state index contributed by atoms with van der Waals surface area (Å²) in [5.74, 6) is -1.64. The van der Waals surface area contributed by atoms with E-state index in [9.17, 15) is 9.18 Å². The summed E-state index contributed by atoms with van der Waals surface area (Å²) < 4.78 is 13.1. The normalized spacial score (nSPS) is 10.4. The summed E-state index contributed by atoms with van der Waals surface area (Å²) in [6, 6.07) is 8.73. The van der Waals surface area contributed by atoms with Gasteiger partial charge in [-0.05, 0) is 23.8 Å². The van der Waals surface area contributed by atoms with Crippen molar-refractivity contribution < 1.29 is 14.3 Å². The van der Waals surface area contributed by atoms with Gasteiger partial charge in [0.05, 0.1) is 15.6 Å². The maximum atomic E-state index is 13.1. The summed E-state index contributed by atoms with van der Waals surface area (Å²) in [7, 11) is 0. The highest BCUT2D eigenvalue weighted by Gasteiger charge is 2.17. The molecule has 1 N–H and O–H groups in total. The van der Waals surface area contributed by atoms with Crippen LogP contribution in [-0.4, -0.2) is 11.1 Å². The largest absolute Gasteiger partial charge is 0.478 e. The van der Waals surface area contributed by atoms with Crippen molar-refractivity contribution in [1.82, 2.24) is 0 Å². The topological polar surface area (TPSA) is 37.3 Å². The first-order valence-electron chi connectivity index (χ1n) is 4.98. The van der Waals surface area contributed by atoms with Gasteiger partial charge >= 0.3 is 5.97 Å². The van der Waals surface area contributed by atoms with E-state index in [4.69, 9.17) is 28.3 Å². The third-order valence-corrected chi connectivity index (χ3v) is 3.15. The summed E-state index contributed by atoms with van der Waals surface area (Å²) >= 11 is 11.8. The van der Waals surface area contributed by atoms with E-state index in [0.717, 1.165) is 0 Å². The van der Waals surface area contributed by atoms with Crippen molar-refractivity contribution in [2.75, 3.05) is 0 Å². The molecule has 92 valence electrons. The van der Waals surface area contributed by atoms with Crippen LogP contribution in [-0.2, 0) is 0 Å². The van der Waals surface area contributed by atoms with E-state index in [1.165, 1.54) is 24.3 Å². The molecule has 0 aliphatic carbocycles. The van der Waals surface area contributed by atoms with E-state index in [2.05, 4.69) is 0 Å². The molecule has 2 aromatic carbocycles. The first kappa shape index (κ1) is 12.9. The molecule has 0 saturated carbocycles. The Bertz CT molecular complexity index is 626. The van der Waals surface area contributed by atoms with E-state index in [1.807, 2.05) is 0 Å². The van der Waals surface area contributed by atoms with Gasteiger partial charge in [0.25, 0.3) is 0 Å². The Hall–Kier alpha value is -1.58. The highest BCUT2D eigenvalue weighted by Crippen LogP contribution is 2.34. The van der Waals surface area contributed by atoms with Gasteiger partial charge in [0.2, 0.25) is 0 Å². The lowest BCUT2D eigenvalue weighted by atomic mass is 10.0. The number of carboxylic acid groups (broad SMARTS) is 1. The van der Waals surface area contributed by atoms with Crippen LogP contribution in [0.15, 0.2) is 36.4 Å². The maximum Gasteiger partial charge on any atom is 0.338 e. The molecular weight excluding hydrogens is 278 g/mol. The lowest BCUT2D eigenvalue weighted by molar-refractivity contribution is 0.0697. The first-order valence-corrected chi connectivity index (χ1v) is 5.73. The number of hydrogen-bond acceptors (Lipinski definition) is 1. The Morgan fingerprint density at radius 1 is 1.17 bits per heavy atom. The van der Waals surface area contributed by atoms with Gasteiger partial charge in [-0.3, -0.25) is 0 Å². The van der Waals surface area contributed by atoms with Crippen molar-refractivity contribution in [3.05, 3.63) is 57.8 Å². The summed E-state index contributed by atoms with van der Waals surface area (Å²) in [6.45, 7) is 0. The van der Waals surface area contributed by atoms with Crippen molar-refractivity contribution in [3.8, 4) is 11.1 Å². The molecule has 0 aromatic heterocycles. The molecule has 0 bridgehead atoms. The third kappa shape index (κ3) is 2.33. The summed E-state index contributed by atoms with van der Waals surface area (Å²) in [5, 5.41) is 9.08. The number of benzene rings is 2. The minimum absolute atomic E-state index is 0.000556. The Balaban J connectivity index is 2.67. The molecule has 0 fully saturated rings. The zero-order chi connectivity index (χ0) is 13.3. The average molecular weight is 285 g/mol. The smallest absolute Gasteiger partial charge is 0.338 e. The third-order valence-electron chi connectivity index (χ3n) is 2.44. The van der Waals surface area contributed by atoms with E-state index in [-0.39, 0.29) is 15.6 Å². The molecule has 0 aliphatic rings. The molecule has 2 nitrogen and oxygen atoms in total. The van der Waals surface area contributed by atoms with Crippen LogP contribution in [0.3, 0.4) is 0 Å². The molecule has 0 radical (unpaired) electrons. The van der Waals surface area contributed by atoms with Gasteiger partial charge in [-0.15, -0.1) is 0 Å². The van der Waals surface area contributed by atoms with Crippen LogP contribution in [0.25, 0.3) is 11.1 Å². The van der Waals surface area contributed by atoms with E-state index < -0.39 is 11.8 Å². The SMILES string of the molecule is O=C(O)c1c(Cl)ccc(-c2cccc(F)c2)c1Cl. The lowest BCUT2D eigenvalue weighted by Crippen LogP contribution is -2.00. The zero-order valence-corrected chi connectivity index (χ0v) is 10.5. The van der Waals surface area contributed by atoms with Crippen molar-refractivity contribution in [2.45, 2.75) is 0 Å². The summed E-state index contributed by atoms with van der Waals surface area (Å²) in [6.07, 6.45) is 0. The molecule has 0 saturated heterocycles. The lowest BCUT2D eigenvalue weighted by Gasteiger charge is -2.09. The van der Waals surface area contributed by atoms with Crippen molar-refractivity contribution in [2.24, 2.45) is 0 Å². The Morgan fingerprint density at radius 2 is 1.89 bits per heavy atom. The van der Waals surface area contributed by atoms with Crippen molar-refractivity contribution in [1.29, 1.82) is 0 Å². The predicted molar refractivity (Wildman–Crippen MR) is 68.8 cm³/mol. The second-order valence-electron chi connectivity index (χ2n) is 3.60. The molecule has 0 heterocycles. The number of halogens is 3. The van der Waals surface area contributed by atoms with E-state index >= 15 is 0 Å². The van der Waals surface area contributed by atoms with E-state index in [1.54, 1.807) is 12.1 Å². The quantitative estimate of drug-likeness (QED) is 0.882. The van der Waals surface area contributed by atoms with Gasteiger partial charge in [0.1, 0.15) is 5.82 Å². The molecule has 0 spiro atoms. The van der Waals surface area contributed by atoms with Gasteiger partial charge in [0.15, 0.2) is 0 Å². The average Bonchev–Trinajstić information content (AvgIpc) is 2.28. The second-order valence-corrected chi connectivity index (χ2v) is 4.38. The molecule has 0 amide bonds. The highest BCUT2D eigenvalue weighted by atomic mass is 35.5. The fraction of sp³-hybridized carbons (Fsp3) is 0. The Morgan fingerprint density at radius 3 is 2.50 bits per heavy atom. The first-order chi connectivity index (χ1) is 8.50. The molecule has 2 aromatic rings. The minimum atomic E-state index is -1.22. The van der Waals surface area contributed by atoms with Crippen LogP contribution in [0.5, 0.6) is 0 Å². The van der Waals surface area contributed by atoms with Crippen LogP contribution < -0.4 is 0 Å². The van der Waals surface area contributed by atoms with Gasteiger partial charge in [0, 0.05) is 5.56 Å². The highest BCUT2D eigenvalue weighted by molar-refractivity contribution is 6.41. The maximum absolute atomic E-state index is 13.1. The fourth-order valence-corrected chi connectivity index (χ4v) is 2.27. The summed E-state index contributed by atoms with van der Waals surface area (Å²) in [5.41, 5.74) is 0.747. The monoisotopic (exact) mass is 284 g/mol. The molecular formula is C13H7Cl2FO2. The molecule has 5 heteroatoms. The predicted octanol–water partition coefficient (Wildman–Crippen LogP) is 4.50. The van der Waals surface area contributed by atoms with Gasteiger partial charge in [-0.2, -0.15) is 0 Å². The zero-order valence-electron chi connectivity index (χ0n) is 8.95. The number of hydrogen-bond donors (Lipinski definition) is 1. The number of aromatic carboxylic acids is 1. The molecule has 0 unspecified atom stereocenters. The van der Waals surface area contributed by atoms with Crippen LogP contribution in [0.1, 0.15) is 10.4 Å². The van der Waals surface area contributed by atoms with Gasteiger partial charge in [-0.1, -0.05) is 41.4 Å². The second kappa shape index (κ2) is 4.96. The minimum Gasteiger partial charge on any atom is -0.478 e. The number of rotatable bonds is 2. The molecule has 2 rings (SSSR count). The van der Waals surface area contributed by atoms with Crippen LogP contribution in [0.2, 0.25) is 10.0 Å².